The monoisotopic (exact) mass is 878 g/mol. The largest absolute Gasteiger partial charge is 0.466 e. The summed E-state index contributed by atoms with van der Waals surface area (Å²) in [5, 5.41) is 34.5. The summed E-state index contributed by atoms with van der Waals surface area (Å²) in [6.45, 7) is 9.97. The second-order valence-corrected chi connectivity index (χ2v) is 18.3. The lowest BCUT2D eigenvalue weighted by Gasteiger charge is -2.51. The number of hydrogen-bond acceptors (Lipinski definition) is 16. The number of carbonyl (C=O) groups is 5. The van der Waals surface area contributed by atoms with Crippen molar-refractivity contribution in [3.8, 4) is 0 Å². The number of carbonyl (C=O) groups excluding carboxylic acids is 5. The summed E-state index contributed by atoms with van der Waals surface area (Å²) < 4.78 is 47.2. The third-order valence-electron chi connectivity index (χ3n) is 12.5. The zero-order valence-corrected chi connectivity index (χ0v) is 37.8. The number of fused-ring (bicyclic) bond motifs is 6. The molecule has 0 aromatic heterocycles. The van der Waals surface area contributed by atoms with Crippen LogP contribution in [0.5, 0.6) is 0 Å². The molecule has 4 aliphatic rings. The van der Waals surface area contributed by atoms with Gasteiger partial charge in [0.1, 0.15) is 12.2 Å². The van der Waals surface area contributed by atoms with Crippen molar-refractivity contribution in [2.24, 2.45) is 10.8 Å². The van der Waals surface area contributed by atoms with E-state index in [9.17, 15) is 39.3 Å². The number of esters is 5. The van der Waals surface area contributed by atoms with Gasteiger partial charge in [-0.3, -0.25) is 14.4 Å². The highest BCUT2D eigenvalue weighted by Gasteiger charge is 2.58. The van der Waals surface area contributed by atoms with Gasteiger partial charge in [-0.05, 0) is 31.3 Å². The maximum Gasteiger partial charge on any atom is 0.330 e. The van der Waals surface area contributed by atoms with E-state index in [1.807, 2.05) is 13.8 Å². The Morgan fingerprint density at radius 2 is 1.53 bits per heavy atom. The van der Waals surface area contributed by atoms with Crippen molar-refractivity contribution in [2.75, 3.05) is 20.8 Å². The summed E-state index contributed by atoms with van der Waals surface area (Å²) in [6, 6.07) is 0. The van der Waals surface area contributed by atoms with E-state index in [4.69, 9.17) is 37.9 Å². The first kappa shape index (κ1) is 51.0. The molecule has 4 aliphatic heterocycles. The van der Waals surface area contributed by atoms with Gasteiger partial charge in [0.15, 0.2) is 6.10 Å². The number of rotatable bonds is 11. The van der Waals surface area contributed by atoms with E-state index in [0.717, 1.165) is 37.3 Å². The molecule has 350 valence electrons. The SMILES string of the molecule is CCCCCCCC(=O)O[C@H]1/C(=C/C(=O)OC)C[C@H]2C[C@H](CO)OC(=O)C[C@H](O)C[C@@H]3C[C@H](OC(C)=O)C(C)(C)[C@H](C[C@@H]4C/C(=C/C(=O)OC)C[C@H](/C=C/C(C)(C)[C@]1(O)O2)O4)O3. The fraction of sp³-hybridized carbons (Fsp3) is 0.761. The lowest BCUT2D eigenvalue weighted by atomic mass is 9.73. The van der Waals surface area contributed by atoms with Crippen LogP contribution in [0, 0.1) is 10.8 Å². The average molecular weight is 879 g/mol. The zero-order chi connectivity index (χ0) is 45.8. The summed E-state index contributed by atoms with van der Waals surface area (Å²) in [5.74, 6) is -5.56. The van der Waals surface area contributed by atoms with Gasteiger partial charge in [0.25, 0.3) is 0 Å². The van der Waals surface area contributed by atoms with Crippen LogP contribution < -0.4 is 0 Å². The van der Waals surface area contributed by atoms with Crippen molar-refractivity contribution < 1.29 is 77.2 Å². The Kier molecular flexibility index (Phi) is 18.7. The molecule has 0 aromatic rings. The van der Waals surface area contributed by atoms with Crippen molar-refractivity contribution in [1.82, 2.24) is 0 Å². The van der Waals surface area contributed by atoms with Gasteiger partial charge < -0.3 is 53.2 Å². The molecule has 0 spiro atoms. The molecule has 6 bridgehead atoms. The van der Waals surface area contributed by atoms with Crippen LogP contribution in [0.25, 0.3) is 0 Å². The van der Waals surface area contributed by atoms with Crippen LogP contribution >= 0.6 is 0 Å². The molecule has 4 heterocycles. The van der Waals surface area contributed by atoms with Crippen molar-refractivity contribution in [3.05, 3.63) is 35.5 Å². The van der Waals surface area contributed by atoms with Crippen molar-refractivity contribution in [2.45, 2.75) is 192 Å². The van der Waals surface area contributed by atoms with E-state index in [0.29, 0.717) is 12.8 Å². The zero-order valence-electron chi connectivity index (χ0n) is 37.8. The number of methoxy groups -OCH3 is 2. The number of unbranched alkanes of at least 4 members (excludes halogenated alkanes) is 4. The number of aliphatic hydroxyl groups is 3. The normalized spacial score (nSPS) is 34.6. The highest BCUT2D eigenvalue weighted by Crippen LogP contribution is 2.48. The van der Waals surface area contributed by atoms with E-state index in [-0.39, 0.29) is 50.5 Å². The van der Waals surface area contributed by atoms with E-state index >= 15 is 0 Å². The average Bonchev–Trinajstić information content (AvgIpc) is 3.19. The molecule has 62 heavy (non-hydrogen) atoms. The molecule has 16 heteroatoms. The minimum Gasteiger partial charge on any atom is -0.466 e. The molecule has 10 atom stereocenters. The molecule has 0 aliphatic carbocycles. The van der Waals surface area contributed by atoms with E-state index in [1.165, 1.54) is 27.2 Å². The van der Waals surface area contributed by atoms with E-state index in [1.54, 1.807) is 26.0 Å². The standard InChI is InChI=1S/C46H70O16/c1-9-10-11-12-13-14-39(50)61-43-30(21-41(52)56-8)20-35-24-36(27-47)60-42(53)23-31(49)22-34-26-37(57-28(2)48)45(5,6)38(59-34)25-33-18-29(19-40(51)55-7)17-32(58-33)15-16-44(3,4)46(43,54)62-35/h15-16,19,21,31-38,43,47,49,54H,9-14,17-18,20,22-27H2,1-8H3/b16-15+,29-19+,30-21+/t31-,32+,33+,34-,35+,36-,37+,38+,43+,46-/m1/s1. The van der Waals surface area contributed by atoms with Gasteiger partial charge in [-0.2, -0.15) is 0 Å². The molecule has 4 rings (SSSR count). The first-order valence-corrected chi connectivity index (χ1v) is 22.0. The summed E-state index contributed by atoms with van der Waals surface area (Å²) in [4.78, 5) is 64.5. The topological polar surface area (TPSA) is 220 Å². The predicted molar refractivity (Wildman–Crippen MR) is 223 cm³/mol. The first-order valence-electron chi connectivity index (χ1n) is 22.0. The molecule has 0 amide bonds. The fourth-order valence-corrected chi connectivity index (χ4v) is 8.83. The molecule has 3 N–H and O–H groups in total. The summed E-state index contributed by atoms with van der Waals surface area (Å²) in [7, 11) is 2.48. The molecular weight excluding hydrogens is 808 g/mol. The number of hydrogen-bond donors (Lipinski definition) is 3. The highest BCUT2D eigenvalue weighted by molar-refractivity contribution is 5.83. The first-order chi connectivity index (χ1) is 29.2. The van der Waals surface area contributed by atoms with E-state index in [2.05, 4.69) is 6.92 Å². The summed E-state index contributed by atoms with van der Waals surface area (Å²) in [6.07, 6.45) is 3.05. The van der Waals surface area contributed by atoms with Gasteiger partial charge in [0, 0.05) is 62.0 Å². The van der Waals surface area contributed by atoms with Crippen LogP contribution in [0.15, 0.2) is 35.5 Å². The van der Waals surface area contributed by atoms with Crippen LogP contribution in [0.4, 0.5) is 0 Å². The smallest absolute Gasteiger partial charge is 0.330 e. The Labute approximate surface area is 365 Å². The van der Waals surface area contributed by atoms with Crippen molar-refractivity contribution in [1.29, 1.82) is 0 Å². The minimum atomic E-state index is -2.36. The maximum atomic E-state index is 13.5. The molecule has 0 aromatic carbocycles. The molecule has 3 saturated heterocycles. The number of cyclic esters (lactones) is 1. The third kappa shape index (κ3) is 13.9. The minimum absolute atomic E-state index is 0.00198. The Bertz CT molecular complexity index is 1650. The quantitative estimate of drug-likeness (QED) is 0.0816. The van der Waals surface area contributed by atoms with Crippen LogP contribution in [0.1, 0.15) is 131 Å². The predicted octanol–water partition coefficient (Wildman–Crippen LogP) is 5.02. The molecule has 0 unspecified atom stereocenters. The highest BCUT2D eigenvalue weighted by atomic mass is 16.7. The molecule has 3 fully saturated rings. The van der Waals surface area contributed by atoms with Gasteiger partial charge in [0.05, 0.1) is 63.9 Å². The Morgan fingerprint density at radius 3 is 2.19 bits per heavy atom. The molecular formula is C46H70O16. The van der Waals surface area contributed by atoms with Gasteiger partial charge in [-0.15, -0.1) is 0 Å². The van der Waals surface area contributed by atoms with Crippen LogP contribution in [-0.4, -0.2) is 127 Å². The second-order valence-electron chi connectivity index (χ2n) is 18.3. The Hall–Kier alpha value is -3.67. The van der Waals surface area contributed by atoms with Crippen molar-refractivity contribution in [3.63, 3.8) is 0 Å². The van der Waals surface area contributed by atoms with Gasteiger partial charge in [-0.25, -0.2) is 9.59 Å². The second kappa shape index (κ2) is 22.8. The molecule has 0 saturated carbocycles. The van der Waals surface area contributed by atoms with Crippen molar-refractivity contribution >= 4 is 29.8 Å². The third-order valence-corrected chi connectivity index (χ3v) is 12.5. The van der Waals surface area contributed by atoms with Gasteiger partial charge >= 0.3 is 29.8 Å². The van der Waals surface area contributed by atoms with Crippen LogP contribution in [-0.2, 0) is 61.9 Å². The molecule has 0 radical (unpaired) electrons. The Morgan fingerprint density at radius 1 is 0.839 bits per heavy atom. The molecule has 16 nitrogen and oxygen atoms in total. The summed E-state index contributed by atoms with van der Waals surface area (Å²) in [5.41, 5.74) is -1.22. The Balaban J connectivity index is 1.81. The van der Waals surface area contributed by atoms with Gasteiger partial charge in [-0.1, -0.05) is 78.0 Å². The van der Waals surface area contributed by atoms with E-state index < -0.39 is 114 Å². The lowest BCUT2D eigenvalue weighted by molar-refractivity contribution is -0.327. The number of aliphatic hydroxyl groups excluding tert-OH is 2. The fourth-order valence-electron chi connectivity index (χ4n) is 8.83. The van der Waals surface area contributed by atoms with Crippen LogP contribution in [0.3, 0.4) is 0 Å². The van der Waals surface area contributed by atoms with Crippen LogP contribution in [0.2, 0.25) is 0 Å². The number of ether oxygens (including phenoxy) is 8. The maximum absolute atomic E-state index is 13.5. The summed E-state index contributed by atoms with van der Waals surface area (Å²) >= 11 is 0. The lowest BCUT2D eigenvalue weighted by Crippen LogP contribution is -2.62. The van der Waals surface area contributed by atoms with Gasteiger partial charge in [0.2, 0.25) is 5.79 Å².